The van der Waals surface area contributed by atoms with Crippen molar-refractivity contribution >= 4 is 8.07 Å². The molecule has 0 aliphatic rings. The van der Waals surface area contributed by atoms with Gasteiger partial charge in [-0.2, -0.15) is 5.10 Å². The molecule has 0 N–H and O–H groups in total. The van der Waals surface area contributed by atoms with Crippen LogP contribution >= 0.6 is 0 Å². The lowest BCUT2D eigenvalue weighted by Crippen LogP contribution is -2.16. The van der Waals surface area contributed by atoms with Crippen LogP contribution in [-0.2, 0) is 0 Å². The van der Waals surface area contributed by atoms with Gasteiger partial charge < -0.3 is 0 Å². The maximum atomic E-state index is 4.32. The monoisotopic (exact) mass is 240 g/mol. The molecule has 1 heterocycles. The zero-order chi connectivity index (χ0) is 12.3. The van der Waals surface area contributed by atoms with E-state index in [1.165, 1.54) is 0 Å². The number of rotatable bonds is 1. The van der Waals surface area contributed by atoms with Crippen LogP contribution in [0.2, 0.25) is 19.6 Å². The van der Waals surface area contributed by atoms with Crippen molar-refractivity contribution in [2.45, 2.75) is 19.6 Å². The van der Waals surface area contributed by atoms with E-state index in [1.807, 2.05) is 41.1 Å². The third-order valence-electron chi connectivity index (χ3n) is 2.21. The van der Waals surface area contributed by atoms with E-state index in [2.05, 4.69) is 36.2 Å². The van der Waals surface area contributed by atoms with Crippen molar-refractivity contribution in [2.75, 3.05) is 0 Å². The normalized spacial score (nSPS) is 10.8. The molecule has 0 saturated heterocycles. The molecule has 3 heteroatoms. The van der Waals surface area contributed by atoms with Crippen LogP contribution in [0, 0.1) is 11.5 Å². The van der Waals surface area contributed by atoms with E-state index in [9.17, 15) is 0 Å². The Kier molecular flexibility index (Phi) is 3.16. The number of aromatic nitrogens is 2. The first-order valence-corrected chi connectivity index (χ1v) is 9.19. The summed E-state index contributed by atoms with van der Waals surface area (Å²) in [4.78, 5) is 0. The molecule has 0 saturated carbocycles. The Bertz CT molecular complexity index is 553. The Hall–Kier alpha value is -1.79. The summed E-state index contributed by atoms with van der Waals surface area (Å²) < 4.78 is 1.88. The molecular weight excluding hydrogens is 224 g/mol. The quantitative estimate of drug-likeness (QED) is 0.553. The Labute approximate surface area is 103 Å². The third kappa shape index (κ3) is 3.08. The lowest BCUT2D eigenvalue weighted by atomic mass is 10.3. The van der Waals surface area contributed by atoms with Gasteiger partial charge in [-0.3, -0.25) is 0 Å². The van der Waals surface area contributed by atoms with E-state index >= 15 is 0 Å². The standard InChI is InChI=1S/C14H16N2Si/c1-17(2,3)12-10-14-9-11-15-16(14)13-7-5-4-6-8-13/h4-9,11H,1-3H3. The van der Waals surface area contributed by atoms with Gasteiger partial charge in [0.05, 0.1) is 11.9 Å². The second-order valence-electron chi connectivity index (χ2n) is 4.96. The SMILES string of the molecule is C[Si](C)(C)C#Cc1ccnn1-c1ccccc1. The Morgan fingerprint density at radius 3 is 2.41 bits per heavy atom. The predicted molar refractivity (Wildman–Crippen MR) is 73.8 cm³/mol. The van der Waals surface area contributed by atoms with Gasteiger partial charge in [0, 0.05) is 0 Å². The average Bonchev–Trinajstić information content (AvgIpc) is 2.75. The summed E-state index contributed by atoms with van der Waals surface area (Å²) in [6.45, 7) is 6.72. The first-order valence-electron chi connectivity index (χ1n) is 5.69. The van der Waals surface area contributed by atoms with Crippen molar-refractivity contribution in [1.82, 2.24) is 9.78 Å². The van der Waals surface area contributed by atoms with Gasteiger partial charge in [-0.05, 0) is 18.2 Å². The first-order chi connectivity index (χ1) is 8.06. The summed E-state index contributed by atoms with van der Waals surface area (Å²) in [7, 11) is -1.34. The van der Waals surface area contributed by atoms with Crippen molar-refractivity contribution in [3.05, 3.63) is 48.3 Å². The molecule has 17 heavy (non-hydrogen) atoms. The highest BCUT2D eigenvalue weighted by molar-refractivity contribution is 6.83. The molecule has 0 radical (unpaired) electrons. The van der Waals surface area contributed by atoms with Crippen molar-refractivity contribution < 1.29 is 0 Å². The number of nitrogens with zero attached hydrogens (tertiary/aromatic N) is 2. The Morgan fingerprint density at radius 1 is 1.06 bits per heavy atom. The van der Waals surface area contributed by atoms with E-state index in [1.54, 1.807) is 6.20 Å². The maximum absolute atomic E-state index is 4.32. The van der Waals surface area contributed by atoms with Crippen LogP contribution in [0.5, 0.6) is 0 Å². The summed E-state index contributed by atoms with van der Waals surface area (Å²) in [5.41, 5.74) is 5.37. The van der Waals surface area contributed by atoms with Gasteiger partial charge in [-0.1, -0.05) is 43.8 Å². The fourth-order valence-electron chi connectivity index (χ4n) is 1.42. The van der Waals surface area contributed by atoms with Crippen LogP contribution in [0.1, 0.15) is 5.69 Å². The van der Waals surface area contributed by atoms with Gasteiger partial charge in [0.25, 0.3) is 0 Å². The predicted octanol–water partition coefficient (Wildman–Crippen LogP) is 3.10. The van der Waals surface area contributed by atoms with E-state index in [0.29, 0.717) is 0 Å². The summed E-state index contributed by atoms with van der Waals surface area (Å²) in [5, 5.41) is 4.32. The molecule has 0 aliphatic carbocycles. The Morgan fingerprint density at radius 2 is 1.76 bits per heavy atom. The minimum atomic E-state index is -1.34. The molecule has 0 amide bonds. The molecule has 0 atom stereocenters. The highest BCUT2D eigenvalue weighted by atomic mass is 28.3. The number of para-hydroxylation sites is 1. The fourth-order valence-corrected chi connectivity index (χ4v) is 1.93. The molecule has 2 nitrogen and oxygen atoms in total. The minimum Gasteiger partial charge on any atom is -0.225 e. The summed E-state index contributed by atoms with van der Waals surface area (Å²) >= 11 is 0. The van der Waals surface area contributed by atoms with Gasteiger partial charge in [-0.15, -0.1) is 5.54 Å². The molecule has 2 aromatic rings. The molecule has 1 aromatic carbocycles. The maximum Gasteiger partial charge on any atom is 0.129 e. The molecule has 0 bridgehead atoms. The fraction of sp³-hybridized carbons (Fsp3) is 0.214. The lowest BCUT2D eigenvalue weighted by molar-refractivity contribution is 0.869. The molecule has 0 spiro atoms. The van der Waals surface area contributed by atoms with Crippen LogP contribution in [0.4, 0.5) is 0 Å². The smallest absolute Gasteiger partial charge is 0.129 e. The molecule has 1 aromatic heterocycles. The van der Waals surface area contributed by atoms with Crippen LogP contribution in [0.15, 0.2) is 42.6 Å². The van der Waals surface area contributed by atoms with Crippen LogP contribution in [-0.4, -0.2) is 17.9 Å². The van der Waals surface area contributed by atoms with Crippen molar-refractivity contribution in [1.29, 1.82) is 0 Å². The summed E-state index contributed by atoms with van der Waals surface area (Å²) in [6.07, 6.45) is 1.79. The van der Waals surface area contributed by atoms with Crippen molar-refractivity contribution in [3.8, 4) is 17.2 Å². The van der Waals surface area contributed by atoms with Crippen molar-refractivity contribution in [2.24, 2.45) is 0 Å². The zero-order valence-corrected chi connectivity index (χ0v) is 11.4. The molecule has 2 rings (SSSR count). The largest absolute Gasteiger partial charge is 0.225 e. The minimum absolute atomic E-state index is 0.957. The van der Waals surface area contributed by atoms with E-state index in [0.717, 1.165) is 11.4 Å². The molecule has 86 valence electrons. The zero-order valence-electron chi connectivity index (χ0n) is 10.4. The highest BCUT2D eigenvalue weighted by Crippen LogP contribution is 2.09. The first kappa shape index (κ1) is 11.7. The third-order valence-corrected chi connectivity index (χ3v) is 3.08. The van der Waals surface area contributed by atoms with Gasteiger partial charge in [0.1, 0.15) is 13.8 Å². The molecule has 0 unspecified atom stereocenters. The summed E-state index contributed by atoms with van der Waals surface area (Å²) in [6, 6.07) is 12.0. The van der Waals surface area contributed by atoms with E-state index < -0.39 is 8.07 Å². The summed E-state index contributed by atoms with van der Waals surface area (Å²) in [5.74, 6) is 3.24. The van der Waals surface area contributed by atoms with Gasteiger partial charge >= 0.3 is 0 Å². The second kappa shape index (κ2) is 4.60. The molecule has 0 fully saturated rings. The topological polar surface area (TPSA) is 17.8 Å². The highest BCUT2D eigenvalue weighted by Gasteiger charge is 2.08. The van der Waals surface area contributed by atoms with Crippen LogP contribution in [0.25, 0.3) is 5.69 Å². The number of hydrogen-bond donors (Lipinski definition) is 0. The lowest BCUT2D eigenvalue weighted by Gasteiger charge is -2.05. The van der Waals surface area contributed by atoms with E-state index in [4.69, 9.17) is 0 Å². The number of hydrogen-bond acceptors (Lipinski definition) is 1. The van der Waals surface area contributed by atoms with Crippen molar-refractivity contribution in [3.63, 3.8) is 0 Å². The average molecular weight is 240 g/mol. The van der Waals surface area contributed by atoms with Gasteiger partial charge in [0.2, 0.25) is 0 Å². The Balaban J connectivity index is 2.39. The van der Waals surface area contributed by atoms with Crippen LogP contribution < -0.4 is 0 Å². The van der Waals surface area contributed by atoms with Gasteiger partial charge in [0.15, 0.2) is 0 Å². The van der Waals surface area contributed by atoms with E-state index in [-0.39, 0.29) is 0 Å². The number of benzene rings is 1. The molecular formula is C14H16N2Si. The molecule has 0 aliphatic heterocycles. The second-order valence-corrected chi connectivity index (χ2v) is 9.71. The van der Waals surface area contributed by atoms with Crippen LogP contribution in [0.3, 0.4) is 0 Å². The van der Waals surface area contributed by atoms with Gasteiger partial charge in [-0.25, -0.2) is 4.68 Å².